The lowest BCUT2D eigenvalue weighted by Gasteiger charge is -2.23. The Bertz CT molecular complexity index is 773. The van der Waals surface area contributed by atoms with Crippen LogP contribution in [0.5, 0.6) is 0 Å². The molecular weight excluding hydrogens is 300 g/mol. The summed E-state index contributed by atoms with van der Waals surface area (Å²) in [5.74, 6) is -1.39. The second-order valence-corrected chi connectivity index (χ2v) is 5.62. The second kappa shape index (κ2) is 7.11. The van der Waals surface area contributed by atoms with Crippen molar-refractivity contribution in [2.75, 3.05) is 0 Å². The number of carboxylic acid groups (broad SMARTS) is 1. The quantitative estimate of drug-likeness (QED) is 0.700. The van der Waals surface area contributed by atoms with Crippen LogP contribution in [0.2, 0.25) is 0 Å². The first-order chi connectivity index (χ1) is 11.7. The van der Waals surface area contributed by atoms with Gasteiger partial charge in [-0.05, 0) is 22.3 Å². The van der Waals surface area contributed by atoms with Crippen LogP contribution >= 0.6 is 0 Å². The SMILES string of the molecule is O=C(O)C(O)c1ccccc1C(c1ccccc1)c1ccccc1. The molecule has 1 unspecified atom stereocenters. The van der Waals surface area contributed by atoms with Crippen LogP contribution in [0.25, 0.3) is 0 Å². The molecule has 24 heavy (non-hydrogen) atoms. The molecule has 0 aliphatic heterocycles. The van der Waals surface area contributed by atoms with Crippen molar-refractivity contribution >= 4 is 5.97 Å². The van der Waals surface area contributed by atoms with Gasteiger partial charge in [0.25, 0.3) is 0 Å². The summed E-state index contributed by atoms with van der Waals surface area (Å²) in [6.45, 7) is 0. The van der Waals surface area contributed by atoms with E-state index in [4.69, 9.17) is 0 Å². The molecule has 0 aromatic heterocycles. The molecule has 0 heterocycles. The highest BCUT2D eigenvalue weighted by molar-refractivity contribution is 5.75. The Morgan fingerprint density at radius 3 is 1.54 bits per heavy atom. The van der Waals surface area contributed by atoms with Crippen LogP contribution in [0, 0.1) is 0 Å². The molecule has 3 rings (SSSR count). The number of carboxylic acids is 1. The number of hydrogen-bond donors (Lipinski definition) is 2. The third-order valence-electron chi connectivity index (χ3n) is 4.10. The summed E-state index contributed by atoms with van der Waals surface area (Å²) in [5, 5.41) is 19.4. The van der Waals surface area contributed by atoms with Gasteiger partial charge in [0.05, 0.1) is 0 Å². The van der Waals surface area contributed by atoms with Crippen LogP contribution in [0.1, 0.15) is 34.3 Å². The predicted octanol–water partition coefficient (Wildman–Crippen LogP) is 3.98. The molecule has 0 aliphatic rings. The van der Waals surface area contributed by atoms with Crippen LogP contribution < -0.4 is 0 Å². The Kier molecular flexibility index (Phi) is 4.73. The first-order valence-electron chi connectivity index (χ1n) is 7.78. The average Bonchev–Trinajstić information content (AvgIpc) is 2.63. The van der Waals surface area contributed by atoms with Gasteiger partial charge < -0.3 is 10.2 Å². The van der Waals surface area contributed by atoms with Crippen molar-refractivity contribution in [2.45, 2.75) is 12.0 Å². The summed E-state index contributed by atoms with van der Waals surface area (Å²) < 4.78 is 0. The van der Waals surface area contributed by atoms with Gasteiger partial charge in [0.2, 0.25) is 0 Å². The number of rotatable bonds is 5. The van der Waals surface area contributed by atoms with Crippen LogP contribution in [-0.4, -0.2) is 16.2 Å². The van der Waals surface area contributed by atoms with Gasteiger partial charge in [-0.15, -0.1) is 0 Å². The van der Waals surface area contributed by atoms with Gasteiger partial charge in [0.1, 0.15) is 0 Å². The summed E-state index contributed by atoms with van der Waals surface area (Å²) in [7, 11) is 0. The third kappa shape index (κ3) is 3.21. The van der Waals surface area contributed by atoms with Gasteiger partial charge >= 0.3 is 5.97 Å². The van der Waals surface area contributed by atoms with Crippen molar-refractivity contribution in [2.24, 2.45) is 0 Å². The fourth-order valence-corrected chi connectivity index (χ4v) is 3.00. The zero-order chi connectivity index (χ0) is 16.9. The molecule has 1 atom stereocenters. The summed E-state index contributed by atoms with van der Waals surface area (Å²) in [6, 6.07) is 27.0. The fourth-order valence-electron chi connectivity index (χ4n) is 3.00. The zero-order valence-electron chi connectivity index (χ0n) is 13.0. The topological polar surface area (TPSA) is 57.5 Å². The van der Waals surface area contributed by atoms with Crippen LogP contribution in [-0.2, 0) is 4.79 Å². The van der Waals surface area contributed by atoms with Gasteiger partial charge in [-0.3, -0.25) is 0 Å². The predicted molar refractivity (Wildman–Crippen MR) is 92.9 cm³/mol. The van der Waals surface area contributed by atoms with E-state index in [1.165, 1.54) is 0 Å². The van der Waals surface area contributed by atoms with Gasteiger partial charge in [-0.2, -0.15) is 0 Å². The molecule has 0 aliphatic carbocycles. The van der Waals surface area contributed by atoms with Crippen molar-refractivity contribution in [3.05, 3.63) is 107 Å². The monoisotopic (exact) mass is 318 g/mol. The van der Waals surface area contributed by atoms with Gasteiger partial charge in [-0.1, -0.05) is 84.9 Å². The molecule has 3 heteroatoms. The highest BCUT2D eigenvalue weighted by Crippen LogP contribution is 2.35. The van der Waals surface area contributed by atoms with Crippen LogP contribution in [0.15, 0.2) is 84.9 Å². The Labute approximate surface area is 140 Å². The maximum atomic E-state index is 11.3. The third-order valence-corrected chi connectivity index (χ3v) is 4.10. The highest BCUT2D eigenvalue weighted by Gasteiger charge is 2.25. The van der Waals surface area contributed by atoms with Crippen molar-refractivity contribution in [1.82, 2.24) is 0 Å². The standard InChI is InChI=1S/C21H18O3/c22-20(21(23)24)18-14-8-7-13-17(18)19(15-9-3-1-4-10-15)16-11-5-2-6-12-16/h1-14,19-20,22H,(H,23,24). The van der Waals surface area contributed by atoms with E-state index in [0.29, 0.717) is 5.56 Å². The number of hydrogen-bond acceptors (Lipinski definition) is 2. The van der Waals surface area contributed by atoms with E-state index in [2.05, 4.69) is 0 Å². The zero-order valence-corrected chi connectivity index (χ0v) is 13.0. The smallest absolute Gasteiger partial charge is 0.337 e. The summed E-state index contributed by atoms with van der Waals surface area (Å²) in [4.78, 5) is 11.3. The fraction of sp³-hybridized carbons (Fsp3) is 0.0952. The molecule has 0 amide bonds. The normalized spacial score (nSPS) is 12.1. The molecule has 3 aromatic rings. The number of benzene rings is 3. The molecule has 3 nitrogen and oxygen atoms in total. The Hall–Kier alpha value is -2.91. The lowest BCUT2D eigenvalue weighted by Crippen LogP contribution is -2.15. The maximum Gasteiger partial charge on any atom is 0.337 e. The Balaban J connectivity index is 2.19. The van der Waals surface area contributed by atoms with Crippen molar-refractivity contribution in [3.8, 4) is 0 Å². The van der Waals surface area contributed by atoms with E-state index in [9.17, 15) is 15.0 Å². The van der Waals surface area contributed by atoms with E-state index < -0.39 is 12.1 Å². The van der Waals surface area contributed by atoms with E-state index in [1.807, 2.05) is 72.8 Å². The second-order valence-electron chi connectivity index (χ2n) is 5.62. The lowest BCUT2D eigenvalue weighted by molar-refractivity contribution is -0.147. The van der Waals surface area contributed by atoms with Crippen molar-refractivity contribution < 1.29 is 15.0 Å². The molecule has 2 N–H and O–H groups in total. The lowest BCUT2D eigenvalue weighted by atomic mass is 9.82. The Morgan fingerprint density at radius 2 is 1.08 bits per heavy atom. The maximum absolute atomic E-state index is 11.3. The number of aliphatic carboxylic acids is 1. The molecular formula is C21H18O3. The molecule has 0 saturated heterocycles. The van der Waals surface area contributed by atoms with Gasteiger partial charge in [-0.25, -0.2) is 4.79 Å². The summed E-state index contributed by atoms with van der Waals surface area (Å²) in [6.07, 6.45) is -1.55. The molecule has 0 radical (unpaired) electrons. The van der Waals surface area contributed by atoms with Crippen molar-refractivity contribution in [3.63, 3.8) is 0 Å². The molecule has 0 spiro atoms. The first-order valence-corrected chi connectivity index (χ1v) is 7.78. The minimum absolute atomic E-state index is 0.141. The Morgan fingerprint density at radius 1 is 0.667 bits per heavy atom. The minimum atomic E-state index is -1.55. The molecule has 120 valence electrons. The van der Waals surface area contributed by atoms with Crippen molar-refractivity contribution in [1.29, 1.82) is 0 Å². The average molecular weight is 318 g/mol. The molecule has 3 aromatic carbocycles. The molecule has 0 bridgehead atoms. The summed E-state index contributed by atoms with van der Waals surface area (Å²) in [5.41, 5.74) is 3.31. The van der Waals surface area contributed by atoms with E-state index in [1.54, 1.807) is 12.1 Å². The van der Waals surface area contributed by atoms with Crippen LogP contribution in [0.3, 0.4) is 0 Å². The van der Waals surface area contributed by atoms with E-state index in [-0.39, 0.29) is 5.92 Å². The van der Waals surface area contributed by atoms with E-state index >= 15 is 0 Å². The minimum Gasteiger partial charge on any atom is -0.479 e. The van der Waals surface area contributed by atoms with E-state index in [0.717, 1.165) is 16.7 Å². The first kappa shape index (κ1) is 16.0. The largest absolute Gasteiger partial charge is 0.479 e. The van der Waals surface area contributed by atoms with Gasteiger partial charge in [0.15, 0.2) is 6.10 Å². The number of carbonyl (C=O) groups is 1. The highest BCUT2D eigenvalue weighted by atomic mass is 16.4. The van der Waals surface area contributed by atoms with Crippen LogP contribution in [0.4, 0.5) is 0 Å². The molecule has 0 saturated carbocycles. The van der Waals surface area contributed by atoms with Gasteiger partial charge in [0, 0.05) is 5.92 Å². The number of aliphatic hydroxyl groups is 1. The summed E-state index contributed by atoms with van der Waals surface area (Å²) >= 11 is 0. The molecule has 0 fully saturated rings. The number of aliphatic hydroxyl groups excluding tert-OH is 1.